The van der Waals surface area contributed by atoms with Gasteiger partial charge in [-0.3, -0.25) is 14.4 Å². The largest absolute Gasteiger partial charge is 0.507 e. The highest BCUT2D eigenvalue weighted by molar-refractivity contribution is 7.92. The average Bonchev–Trinajstić information content (AvgIpc) is 2.77. The number of aliphatic hydroxyl groups is 1. The van der Waals surface area contributed by atoms with Crippen molar-refractivity contribution in [3.05, 3.63) is 47.4 Å². The molecule has 0 saturated carbocycles. The van der Waals surface area contributed by atoms with E-state index in [9.17, 15) is 32.3 Å². The van der Waals surface area contributed by atoms with Gasteiger partial charge in [-0.05, 0) is 37.1 Å². The van der Waals surface area contributed by atoms with Crippen LogP contribution in [0.4, 0.5) is 10.3 Å². The maximum Gasteiger partial charge on any atom is 0.313 e. The Morgan fingerprint density at radius 3 is 2.28 bits per heavy atom. The van der Waals surface area contributed by atoms with Crippen LogP contribution < -0.4 is 4.31 Å². The molecule has 0 unspecified atom stereocenters. The third-order valence-corrected chi connectivity index (χ3v) is 6.10. The summed E-state index contributed by atoms with van der Waals surface area (Å²) < 4.78 is 43.4. The van der Waals surface area contributed by atoms with Crippen LogP contribution in [0.2, 0.25) is 0 Å². The number of halogens is 1. The van der Waals surface area contributed by atoms with Gasteiger partial charge >= 0.3 is 5.97 Å². The average molecular weight is 522 g/mol. The molecule has 1 N–H and O–H groups in total. The number of aromatic nitrogens is 2. The Labute approximate surface area is 208 Å². The number of carbonyl (C=O) groups is 3. The number of hydrogen-bond acceptors (Lipinski definition) is 9. The van der Waals surface area contributed by atoms with Crippen molar-refractivity contribution in [2.24, 2.45) is 0 Å². The number of benzene rings is 1. The predicted molar refractivity (Wildman–Crippen MR) is 131 cm³/mol. The number of esters is 1. The second-order valence-corrected chi connectivity index (χ2v) is 10.2. The summed E-state index contributed by atoms with van der Waals surface area (Å²) in [7, 11) is -2.48. The Morgan fingerprint density at radius 2 is 1.75 bits per heavy atom. The molecule has 1 aromatic heterocycles. The second-order valence-electron chi connectivity index (χ2n) is 8.22. The van der Waals surface area contributed by atoms with E-state index >= 15 is 0 Å². The molecule has 2 rings (SSSR count). The number of nitrogens with zero attached hydrogens (tertiary/aromatic N) is 3. The highest BCUT2D eigenvalue weighted by Crippen LogP contribution is 2.34. The topological polar surface area (TPSA) is 144 Å². The van der Waals surface area contributed by atoms with Gasteiger partial charge < -0.3 is 9.84 Å². The van der Waals surface area contributed by atoms with Gasteiger partial charge in [0.15, 0.2) is 11.6 Å². The van der Waals surface area contributed by atoms with Crippen molar-refractivity contribution in [1.29, 1.82) is 0 Å². The van der Waals surface area contributed by atoms with E-state index in [0.717, 1.165) is 28.8 Å². The van der Waals surface area contributed by atoms with Gasteiger partial charge in [-0.25, -0.2) is 27.1 Å². The van der Waals surface area contributed by atoms with Crippen LogP contribution in [-0.2, 0) is 29.1 Å². The Balaban J connectivity index is 2.63. The first kappa shape index (κ1) is 28.6. The minimum absolute atomic E-state index is 0.0217. The van der Waals surface area contributed by atoms with Gasteiger partial charge in [-0.1, -0.05) is 13.8 Å². The molecule has 0 spiro atoms. The number of anilines is 1. The Hall–Kier alpha value is -3.67. The highest BCUT2D eigenvalue weighted by Gasteiger charge is 2.25. The van der Waals surface area contributed by atoms with Crippen molar-refractivity contribution < 1.29 is 37.0 Å². The minimum atomic E-state index is -3.74. The number of carbonyl (C=O) groups excluding carboxylic acids is 3. The van der Waals surface area contributed by atoms with E-state index in [-0.39, 0.29) is 35.4 Å². The molecule has 0 amide bonds. The lowest BCUT2D eigenvalue weighted by Crippen LogP contribution is -2.27. The molecule has 0 saturated heterocycles. The summed E-state index contributed by atoms with van der Waals surface area (Å²) in [4.78, 5) is 44.6. The van der Waals surface area contributed by atoms with E-state index in [1.165, 1.54) is 19.2 Å². The molecule has 2 aromatic rings. The molecule has 0 aliphatic carbocycles. The Bertz CT molecular complexity index is 1290. The van der Waals surface area contributed by atoms with Crippen LogP contribution in [0.15, 0.2) is 30.3 Å². The van der Waals surface area contributed by atoms with Gasteiger partial charge in [0, 0.05) is 18.7 Å². The lowest BCUT2D eigenvalue weighted by molar-refractivity contribution is -0.145. The molecule has 36 heavy (non-hydrogen) atoms. The number of allylic oxidation sites excluding steroid dienone is 1. The van der Waals surface area contributed by atoms with Crippen molar-refractivity contribution in [3.63, 3.8) is 0 Å². The summed E-state index contributed by atoms with van der Waals surface area (Å²) in [6, 6.07) is 5.09. The molecule has 12 heteroatoms. The van der Waals surface area contributed by atoms with E-state index in [2.05, 4.69) is 14.7 Å². The molecule has 0 fully saturated rings. The van der Waals surface area contributed by atoms with Gasteiger partial charge in [-0.2, -0.15) is 0 Å². The summed E-state index contributed by atoms with van der Waals surface area (Å²) in [5, 5.41) is 10.9. The Morgan fingerprint density at radius 1 is 1.14 bits per heavy atom. The van der Waals surface area contributed by atoms with Crippen LogP contribution in [0.5, 0.6) is 0 Å². The molecular formula is C24H28FN3O7S. The van der Waals surface area contributed by atoms with Crippen molar-refractivity contribution in [2.75, 3.05) is 24.2 Å². The first-order valence-electron chi connectivity index (χ1n) is 11.0. The normalized spacial score (nSPS) is 11.9. The molecule has 0 aliphatic heterocycles. The number of rotatable bonds is 11. The van der Waals surface area contributed by atoms with Crippen LogP contribution in [0.25, 0.3) is 17.0 Å². The molecule has 1 heterocycles. The number of sulfonamides is 1. The van der Waals surface area contributed by atoms with Gasteiger partial charge in [0.2, 0.25) is 16.0 Å². The van der Waals surface area contributed by atoms with Crippen molar-refractivity contribution in [2.45, 2.75) is 39.5 Å². The van der Waals surface area contributed by atoms with E-state index in [1.807, 2.05) is 0 Å². The van der Waals surface area contributed by atoms with Crippen LogP contribution in [0.3, 0.4) is 0 Å². The lowest BCUT2D eigenvalue weighted by Gasteiger charge is -2.21. The minimum Gasteiger partial charge on any atom is -0.507 e. The quantitative estimate of drug-likeness (QED) is 0.204. The molecule has 0 bridgehead atoms. The van der Waals surface area contributed by atoms with Gasteiger partial charge in [0.25, 0.3) is 0 Å². The summed E-state index contributed by atoms with van der Waals surface area (Å²) >= 11 is 0. The third kappa shape index (κ3) is 7.41. The zero-order valence-corrected chi connectivity index (χ0v) is 21.4. The second kappa shape index (κ2) is 11.8. The fourth-order valence-corrected chi connectivity index (χ4v) is 3.53. The van der Waals surface area contributed by atoms with Crippen LogP contribution in [0, 0.1) is 5.82 Å². The van der Waals surface area contributed by atoms with Crippen LogP contribution in [0.1, 0.15) is 50.8 Å². The summed E-state index contributed by atoms with van der Waals surface area (Å²) in [6.45, 7) is 5.15. The fraction of sp³-hybridized carbons (Fsp3) is 0.375. The fourth-order valence-electron chi connectivity index (χ4n) is 3.15. The van der Waals surface area contributed by atoms with Crippen molar-refractivity contribution >= 4 is 39.3 Å². The molecule has 10 nitrogen and oxygen atoms in total. The zero-order chi connectivity index (χ0) is 27.2. The van der Waals surface area contributed by atoms with Gasteiger partial charge in [0.05, 0.1) is 36.2 Å². The molecule has 0 atom stereocenters. The third-order valence-electron chi connectivity index (χ3n) is 4.94. The van der Waals surface area contributed by atoms with E-state index in [0.29, 0.717) is 5.56 Å². The predicted octanol–water partition coefficient (Wildman–Crippen LogP) is 3.18. The first-order valence-corrected chi connectivity index (χ1v) is 12.8. The van der Waals surface area contributed by atoms with E-state index in [1.54, 1.807) is 20.8 Å². The van der Waals surface area contributed by atoms with Gasteiger partial charge in [0.1, 0.15) is 18.0 Å². The SMILES string of the molecule is CCOC(=O)CC(=O)CC(=O)C=C(O)c1c(-c2ccc(F)cc2)nc(N(C)S(C)(=O)=O)nc1C(C)C. The van der Waals surface area contributed by atoms with Crippen LogP contribution >= 0.6 is 0 Å². The van der Waals surface area contributed by atoms with Crippen molar-refractivity contribution in [3.8, 4) is 11.3 Å². The molecule has 0 aliphatic rings. The number of aliphatic hydroxyl groups excluding tert-OH is 1. The maximum absolute atomic E-state index is 13.6. The number of hydrogen-bond donors (Lipinski definition) is 1. The summed E-state index contributed by atoms with van der Waals surface area (Å²) in [5.74, 6) is -3.88. The monoisotopic (exact) mass is 521 g/mol. The molecule has 194 valence electrons. The number of ketones is 2. The standard InChI is InChI=1S/C24H28FN3O7S/c1-6-35-20(32)13-18(30)11-17(29)12-19(31)21-22(14(2)3)26-24(28(4)36(5,33)34)27-23(21)15-7-9-16(25)10-8-15/h7-10,12,14,31H,6,11,13H2,1-5H3. The molecular weight excluding hydrogens is 493 g/mol. The zero-order valence-electron chi connectivity index (χ0n) is 20.6. The maximum atomic E-state index is 13.6. The molecule has 1 aromatic carbocycles. The Kier molecular flexibility index (Phi) is 9.40. The van der Waals surface area contributed by atoms with Crippen LogP contribution in [-0.4, -0.2) is 60.9 Å². The highest BCUT2D eigenvalue weighted by atomic mass is 32.2. The molecule has 0 radical (unpaired) electrons. The van der Waals surface area contributed by atoms with E-state index < -0.39 is 52.0 Å². The lowest BCUT2D eigenvalue weighted by atomic mass is 9.96. The van der Waals surface area contributed by atoms with Gasteiger partial charge in [-0.15, -0.1) is 0 Å². The van der Waals surface area contributed by atoms with E-state index in [4.69, 9.17) is 0 Å². The number of ether oxygens (including phenoxy) is 1. The summed E-state index contributed by atoms with van der Waals surface area (Å²) in [5.41, 5.74) is 0.617. The number of Topliss-reactive ketones (excluding diaryl/α,β-unsaturated/α-hetero) is 1. The smallest absolute Gasteiger partial charge is 0.313 e. The van der Waals surface area contributed by atoms with Crippen molar-refractivity contribution in [1.82, 2.24) is 9.97 Å². The summed E-state index contributed by atoms with van der Waals surface area (Å²) in [6.07, 6.45) is 0.560. The first-order chi connectivity index (χ1) is 16.7.